The highest BCUT2D eigenvalue weighted by Gasteiger charge is 2.06. The van der Waals surface area contributed by atoms with Crippen molar-refractivity contribution in [2.45, 2.75) is 32.7 Å². The van der Waals surface area contributed by atoms with Gasteiger partial charge in [-0.3, -0.25) is 0 Å². The summed E-state index contributed by atoms with van der Waals surface area (Å²) in [6.45, 7) is 4.24. The first kappa shape index (κ1) is 14.6. The first-order valence-corrected chi connectivity index (χ1v) is 6.72. The van der Waals surface area contributed by atoms with Crippen LogP contribution in [-0.2, 0) is 0 Å². The highest BCUT2D eigenvalue weighted by atomic mass is 35.5. The predicted octanol–water partition coefficient (Wildman–Crippen LogP) is 4.47. The Morgan fingerprint density at radius 2 is 2.12 bits per heavy atom. The molecule has 1 atom stereocenters. The fourth-order valence-corrected chi connectivity index (χ4v) is 2.13. The van der Waals surface area contributed by atoms with E-state index in [0.717, 1.165) is 18.5 Å². The number of benzene rings is 1. The van der Waals surface area contributed by atoms with Gasteiger partial charge in [0.2, 0.25) is 0 Å². The highest BCUT2D eigenvalue weighted by molar-refractivity contribution is 7.80. The van der Waals surface area contributed by atoms with Crippen LogP contribution in [0.1, 0.15) is 26.7 Å². The maximum atomic E-state index is 6.03. The molecular formula is C12H16Cl2N2S. The number of thiocarbonyl (C=S) groups is 1. The van der Waals surface area contributed by atoms with Crippen molar-refractivity contribution in [2.75, 3.05) is 5.32 Å². The molecule has 1 aromatic carbocycles. The molecule has 0 aliphatic heterocycles. The molecule has 0 heterocycles. The summed E-state index contributed by atoms with van der Waals surface area (Å²) < 4.78 is 0. The summed E-state index contributed by atoms with van der Waals surface area (Å²) >= 11 is 17.1. The molecule has 0 aliphatic carbocycles. The summed E-state index contributed by atoms with van der Waals surface area (Å²) in [6.07, 6.45) is 2.19. The van der Waals surface area contributed by atoms with Gasteiger partial charge in [-0.2, -0.15) is 0 Å². The van der Waals surface area contributed by atoms with E-state index in [-0.39, 0.29) is 0 Å². The van der Waals surface area contributed by atoms with Crippen molar-refractivity contribution in [1.82, 2.24) is 5.32 Å². The predicted molar refractivity (Wildman–Crippen MR) is 80.2 cm³/mol. The Morgan fingerprint density at radius 1 is 1.41 bits per heavy atom. The van der Waals surface area contributed by atoms with Crippen molar-refractivity contribution < 1.29 is 0 Å². The molecule has 0 bridgehead atoms. The van der Waals surface area contributed by atoms with Gasteiger partial charge in [0.15, 0.2) is 5.11 Å². The van der Waals surface area contributed by atoms with Crippen LogP contribution in [0.15, 0.2) is 18.2 Å². The Bertz CT molecular complexity index is 396. The molecule has 0 spiro atoms. The van der Waals surface area contributed by atoms with Crippen LogP contribution >= 0.6 is 35.4 Å². The topological polar surface area (TPSA) is 24.1 Å². The quantitative estimate of drug-likeness (QED) is 0.800. The van der Waals surface area contributed by atoms with Gasteiger partial charge in [0, 0.05) is 11.1 Å². The highest BCUT2D eigenvalue weighted by Crippen LogP contribution is 2.25. The summed E-state index contributed by atoms with van der Waals surface area (Å²) in [5.41, 5.74) is 0.723. The zero-order valence-electron chi connectivity index (χ0n) is 9.89. The Morgan fingerprint density at radius 3 is 2.76 bits per heavy atom. The lowest BCUT2D eigenvalue weighted by Gasteiger charge is -2.16. The van der Waals surface area contributed by atoms with E-state index in [2.05, 4.69) is 24.5 Å². The molecule has 2 nitrogen and oxygen atoms in total. The Kier molecular flexibility index (Phi) is 6.03. The molecular weight excluding hydrogens is 275 g/mol. The third kappa shape index (κ3) is 5.11. The van der Waals surface area contributed by atoms with E-state index in [9.17, 15) is 0 Å². The number of rotatable bonds is 4. The van der Waals surface area contributed by atoms with E-state index in [1.54, 1.807) is 18.2 Å². The molecule has 0 fully saturated rings. The van der Waals surface area contributed by atoms with Crippen LogP contribution in [0.2, 0.25) is 10.0 Å². The SMILES string of the molecule is CCCC(C)NC(=S)Nc1cc(Cl)ccc1Cl. The van der Waals surface area contributed by atoms with Crippen molar-refractivity contribution in [3.05, 3.63) is 28.2 Å². The Hall–Kier alpha value is -0.510. The van der Waals surface area contributed by atoms with Gasteiger partial charge >= 0.3 is 0 Å². The van der Waals surface area contributed by atoms with Crippen molar-refractivity contribution in [3.63, 3.8) is 0 Å². The molecule has 2 N–H and O–H groups in total. The first-order valence-electron chi connectivity index (χ1n) is 5.55. The molecule has 0 amide bonds. The van der Waals surface area contributed by atoms with Gasteiger partial charge < -0.3 is 10.6 Å². The third-order valence-corrected chi connectivity index (χ3v) is 3.06. The third-order valence-electron chi connectivity index (χ3n) is 2.28. The fraction of sp³-hybridized carbons (Fsp3) is 0.417. The minimum Gasteiger partial charge on any atom is -0.360 e. The van der Waals surface area contributed by atoms with Crippen LogP contribution in [0.4, 0.5) is 5.69 Å². The maximum Gasteiger partial charge on any atom is 0.171 e. The van der Waals surface area contributed by atoms with Gasteiger partial charge in [0.1, 0.15) is 0 Å². The molecule has 94 valence electrons. The normalized spacial score (nSPS) is 12.0. The lowest BCUT2D eigenvalue weighted by atomic mass is 10.2. The van der Waals surface area contributed by atoms with E-state index >= 15 is 0 Å². The molecule has 0 radical (unpaired) electrons. The Balaban J connectivity index is 2.58. The maximum absolute atomic E-state index is 6.03. The smallest absolute Gasteiger partial charge is 0.171 e. The van der Waals surface area contributed by atoms with E-state index in [4.69, 9.17) is 35.4 Å². The van der Waals surface area contributed by atoms with Gasteiger partial charge in [0.25, 0.3) is 0 Å². The zero-order chi connectivity index (χ0) is 12.8. The average Bonchev–Trinajstić information content (AvgIpc) is 2.23. The lowest BCUT2D eigenvalue weighted by Crippen LogP contribution is -2.35. The van der Waals surface area contributed by atoms with Crippen LogP contribution < -0.4 is 10.6 Å². The Labute approximate surface area is 118 Å². The van der Waals surface area contributed by atoms with Gasteiger partial charge in [-0.1, -0.05) is 36.5 Å². The summed E-state index contributed by atoms with van der Waals surface area (Å²) in [7, 11) is 0. The monoisotopic (exact) mass is 290 g/mol. The molecule has 17 heavy (non-hydrogen) atoms. The second-order valence-corrected chi connectivity index (χ2v) is 5.16. The summed E-state index contributed by atoms with van der Waals surface area (Å²) in [5, 5.41) is 8.03. The van der Waals surface area contributed by atoms with Crippen LogP contribution in [0.25, 0.3) is 0 Å². The molecule has 0 aromatic heterocycles. The number of anilines is 1. The second kappa shape index (κ2) is 7.04. The van der Waals surface area contributed by atoms with Gasteiger partial charge in [-0.15, -0.1) is 0 Å². The summed E-state index contributed by atoms with van der Waals surface area (Å²) in [5.74, 6) is 0. The van der Waals surface area contributed by atoms with Crippen molar-refractivity contribution in [2.24, 2.45) is 0 Å². The molecule has 1 unspecified atom stereocenters. The standard InChI is InChI=1S/C12H16Cl2N2S/c1-3-4-8(2)15-12(17)16-11-7-9(13)5-6-10(11)14/h5-8H,3-4H2,1-2H3,(H2,15,16,17). The van der Waals surface area contributed by atoms with Crippen molar-refractivity contribution in [3.8, 4) is 0 Å². The minimum atomic E-state index is 0.345. The molecule has 0 aliphatic rings. The number of nitrogens with one attached hydrogen (secondary N) is 2. The summed E-state index contributed by atoms with van der Waals surface area (Å²) in [6, 6.07) is 5.58. The molecule has 5 heteroatoms. The van der Waals surface area contributed by atoms with Gasteiger partial charge in [-0.05, 0) is 43.8 Å². The van der Waals surface area contributed by atoms with Crippen LogP contribution in [0, 0.1) is 0 Å². The van der Waals surface area contributed by atoms with Crippen LogP contribution in [0.5, 0.6) is 0 Å². The van der Waals surface area contributed by atoms with Crippen LogP contribution in [-0.4, -0.2) is 11.2 Å². The van der Waals surface area contributed by atoms with E-state index < -0.39 is 0 Å². The van der Waals surface area contributed by atoms with Crippen LogP contribution in [0.3, 0.4) is 0 Å². The second-order valence-electron chi connectivity index (χ2n) is 3.91. The molecule has 0 saturated heterocycles. The lowest BCUT2D eigenvalue weighted by molar-refractivity contribution is 0.599. The zero-order valence-corrected chi connectivity index (χ0v) is 12.2. The molecule has 1 aromatic rings. The van der Waals surface area contributed by atoms with Gasteiger partial charge in [-0.25, -0.2) is 0 Å². The minimum absolute atomic E-state index is 0.345. The number of hydrogen-bond acceptors (Lipinski definition) is 1. The summed E-state index contributed by atoms with van der Waals surface area (Å²) in [4.78, 5) is 0. The number of hydrogen-bond donors (Lipinski definition) is 2. The first-order chi connectivity index (χ1) is 8.02. The molecule has 0 saturated carbocycles. The largest absolute Gasteiger partial charge is 0.360 e. The van der Waals surface area contributed by atoms with E-state index in [1.165, 1.54) is 0 Å². The average molecular weight is 291 g/mol. The van der Waals surface area contributed by atoms with E-state index in [0.29, 0.717) is 21.2 Å². The van der Waals surface area contributed by atoms with Crippen molar-refractivity contribution >= 4 is 46.2 Å². The molecule has 1 rings (SSSR count). The fourth-order valence-electron chi connectivity index (χ4n) is 1.48. The van der Waals surface area contributed by atoms with E-state index in [1.807, 2.05) is 0 Å². The van der Waals surface area contributed by atoms with Gasteiger partial charge in [0.05, 0.1) is 10.7 Å². The van der Waals surface area contributed by atoms with Crippen molar-refractivity contribution in [1.29, 1.82) is 0 Å². The number of halogens is 2.